The SMILES string of the molecule is COc1cc(/C=N\NC(=O)C(=O)Nc2cccc(Cl)c2)cc(Br)c1OCC(=O)Nc1cccc(C(F)(F)F)c1. The smallest absolute Gasteiger partial charge is 0.416 e. The number of amides is 3. The first-order valence-electron chi connectivity index (χ1n) is 10.8. The maximum Gasteiger partial charge on any atom is 0.416 e. The summed E-state index contributed by atoms with van der Waals surface area (Å²) in [6.45, 7) is -0.531. The second kappa shape index (κ2) is 13.1. The second-order valence-corrected chi connectivity index (χ2v) is 8.90. The minimum atomic E-state index is -4.55. The average molecular weight is 628 g/mol. The highest BCUT2D eigenvalue weighted by atomic mass is 79.9. The van der Waals surface area contributed by atoms with Crippen molar-refractivity contribution < 1.29 is 37.0 Å². The molecule has 3 rings (SSSR count). The lowest BCUT2D eigenvalue weighted by atomic mass is 10.2. The van der Waals surface area contributed by atoms with Gasteiger partial charge in [0.25, 0.3) is 5.91 Å². The molecule has 3 N–H and O–H groups in total. The van der Waals surface area contributed by atoms with Crippen molar-refractivity contribution in [1.29, 1.82) is 0 Å². The summed E-state index contributed by atoms with van der Waals surface area (Å²) in [6.07, 6.45) is -3.31. The highest BCUT2D eigenvalue weighted by molar-refractivity contribution is 9.10. The number of ether oxygens (including phenoxy) is 2. The molecule has 0 radical (unpaired) electrons. The Morgan fingerprint density at radius 1 is 1.00 bits per heavy atom. The molecule has 0 atom stereocenters. The molecular formula is C25H19BrClF3N4O5. The van der Waals surface area contributed by atoms with Crippen LogP contribution in [0.4, 0.5) is 24.5 Å². The third kappa shape index (κ3) is 8.72. The fourth-order valence-electron chi connectivity index (χ4n) is 3.03. The number of carbonyl (C=O) groups is 3. The zero-order chi connectivity index (χ0) is 28.6. The van der Waals surface area contributed by atoms with E-state index in [4.69, 9.17) is 21.1 Å². The molecule has 3 aromatic rings. The summed E-state index contributed by atoms with van der Waals surface area (Å²) >= 11 is 9.13. The molecule has 3 aromatic carbocycles. The number of alkyl halides is 3. The highest BCUT2D eigenvalue weighted by Crippen LogP contribution is 2.36. The van der Waals surface area contributed by atoms with Gasteiger partial charge in [0.1, 0.15) is 0 Å². The lowest BCUT2D eigenvalue weighted by Crippen LogP contribution is -2.32. The number of hydrogen-bond donors (Lipinski definition) is 3. The van der Waals surface area contributed by atoms with Gasteiger partial charge in [-0.25, -0.2) is 5.43 Å². The minimum absolute atomic E-state index is 0.0423. The van der Waals surface area contributed by atoms with Crippen LogP contribution in [-0.2, 0) is 20.6 Å². The lowest BCUT2D eigenvalue weighted by Gasteiger charge is -2.14. The third-order valence-electron chi connectivity index (χ3n) is 4.74. The average Bonchev–Trinajstić information content (AvgIpc) is 2.87. The second-order valence-electron chi connectivity index (χ2n) is 7.61. The van der Waals surface area contributed by atoms with Crippen LogP contribution in [0, 0.1) is 0 Å². The van der Waals surface area contributed by atoms with Crippen LogP contribution in [0.1, 0.15) is 11.1 Å². The van der Waals surface area contributed by atoms with E-state index >= 15 is 0 Å². The number of nitrogens with zero attached hydrogens (tertiary/aromatic N) is 1. The molecule has 0 fully saturated rings. The fourth-order valence-corrected chi connectivity index (χ4v) is 3.80. The summed E-state index contributed by atoms with van der Waals surface area (Å²) in [5.74, 6) is -2.36. The van der Waals surface area contributed by atoms with Gasteiger partial charge in [-0.3, -0.25) is 14.4 Å². The molecule has 0 aromatic heterocycles. The van der Waals surface area contributed by atoms with Gasteiger partial charge in [0.15, 0.2) is 18.1 Å². The Morgan fingerprint density at radius 2 is 1.69 bits per heavy atom. The largest absolute Gasteiger partial charge is 0.493 e. The van der Waals surface area contributed by atoms with Crippen LogP contribution in [0.5, 0.6) is 11.5 Å². The Balaban J connectivity index is 1.59. The number of hydrogen-bond acceptors (Lipinski definition) is 6. The van der Waals surface area contributed by atoms with Crippen molar-refractivity contribution in [3.05, 3.63) is 81.3 Å². The quantitative estimate of drug-likeness (QED) is 0.180. The van der Waals surface area contributed by atoms with E-state index in [-0.39, 0.29) is 17.2 Å². The van der Waals surface area contributed by atoms with Crippen LogP contribution in [-0.4, -0.2) is 37.7 Å². The molecular weight excluding hydrogens is 609 g/mol. The van der Waals surface area contributed by atoms with Crippen molar-refractivity contribution in [2.75, 3.05) is 24.4 Å². The summed E-state index contributed by atoms with van der Waals surface area (Å²) in [5.41, 5.74) is 1.90. The van der Waals surface area contributed by atoms with Crippen LogP contribution in [0.25, 0.3) is 0 Å². The Kier molecular flexibility index (Phi) is 9.90. The van der Waals surface area contributed by atoms with Crippen LogP contribution in [0.2, 0.25) is 5.02 Å². The molecule has 0 spiro atoms. The third-order valence-corrected chi connectivity index (χ3v) is 5.57. The first-order chi connectivity index (χ1) is 18.5. The summed E-state index contributed by atoms with van der Waals surface area (Å²) in [6, 6.07) is 13.4. The highest BCUT2D eigenvalue weighted by Gasteiger charge is 2.30. The van der Waals surface area contributed by atoms with E-state index in [0.29, 0.717) is 20.7 Å². The molecule has 0 aliphatic carbocycles. The number of halogens is 5. The number of anilines is 2. The Labute approximate surface area is 233 Å². The van der Waals surface area contributed by atoms with Crippen LogP contribution in [0.3, 0.4) is 0 Å². The van der Waals surface area contributed by atoms with Gasteiger partial charge < -0.3 is 20.1 Å². The predicted molar refractivity (Wildman–Crippen MR) is 142 cm³/mol. The summed E-state index contributed by atoms with van der Waals surface area (Å²) < 4.78 is 49.7. The molecule has 0 aliphatic heterocycles. The van der Waals surface area contributed by atoms with Gasteiger partial charge in [0.2, 0.25) is 0 Å². The molecule has 9 nitrogen and oxygen atoms in total. The monoisotopic (exact) mass is 626 g/mol. The summed E-state index contributed by atoms with van der Waals surface area (Å²) in [5, 5.41) is 8.84. The number of methoxy groups -OCH3 is 1. The molecule has 0 unspecified atom stereocenters. The van der Waals surface area contributed by atoms with Crippen molar-refractivity contribution in [2.24, 2.45) is 5.10 Å². The zero-order valence-electron chi connectivity index (χ0n) is 19.9. The topological polar surface area (TPSA) is 118 Å². The first-order valence-corrected chi connectivity index (χ1v) is 12.0. The fraction of sp³-hybridized carbons (Fsp3) is 0.120. The molecule has 0 bridgehead atoms. The number of nitrogens with one attached hydrogen (secondary N) is 3. The standard InChI is InChI=1S/C25H19BrClF3N4O5/c1-38-20-9-14(12-31-34-24(37)23(36)33-18-7-3-5-16(27)11-18)8-19(26)22(20)39-13-21(35)32-17-6-2-4-15(10-17)25(28,29)30/h2-12H,13H2,1H3,(H,32,35)(H,33,36)(H,34,37)/b31-12-. The van der Waals surface area contributed by atoms with Gasteiger partial charge in [0, 0.05) is 16.4 Å². The molecule has 3 amide bonds. The van der Waals surface area contributed by atoms with Gasteiger partial charge >= 0.3 is 18.0 Å². The van der Waals surface area contributed by atoms with Crippen LogP contribution < -0.4 is 25.5 Å². The summed E-state index contributed by atoms with van der Waals surface area (Å²) in [7, 11) is 1.35. The Bertz CT molecular complexity index is 1420. The Hall–Kier alpha value is -4.10. The van der Waals surface area contributed by atoms with E-state index < -0.39 is 36.1 Å². The maximum absolute atomic E-state index is 12.9. The van der Waals surface area contributed by atoms with E-state index in [1.54, 1.807) is 18.2 Å². The number of benzene rings is 3. The number of hydrazone groups is 1. The Morgan fingerprint density at radius 3 is 2.36 bits per heavy atom. The van der Waals surface area contributed by atoms with Crippen LogP contribution >= 0.6 is 27.5 Å². The maximum atomic E-state index is 12.9. The van der Waals surface area contributed by atoms with Gasteiger partial charge in [-0.05, 0) is 70.0 Å². The van der Waals surface area contributed by atoms with Gasteiger partial charge in [0.05, 0.1) is 23.4 Å². The summed E-state index contributed by atoms with van der Waals surface area (Å²) in [4.78, 5) is 36.2. The van der Waals surface area contributed by atoms with E-state index in [9.17, 15) is 27.6 Å². The van der Waals surface area contributed by atoms with E-state index in [0.717, 1.165) is 12.1 Å². The van der Waals surface area contributed by atoms with E-state index in [1.165, 1.54) is 43.7 Å². The van der Waals surface area contributed by atoms with Gasteiger partial charge in [-0.15, -0.1) is 0 Å². The van der Waals surface area contributed by atoms with Crippen molar-refractivity contribution >= 4 is 62.8 Å². The van der Waals surface area contributed by atoms with Crippen LogP contribution in [0.15, 0.2) is 70.2 Å². The zero-order valence-corrected chi connectivity index (χ0v) is 22.3. The van der Waals surface area contributed by atoms with Crippen molar-refractivity contribution in [3.8, 4) is 11.5 Å². The van der Waals surface area contributed by atoms with E-state index in [1.807, 2.05) is 0 Å². The lowest BCUT2D eigenvalue weighted by molar-refractivity contribution is -0.137. The molecule has 0 aliphatic rings. The first kappa shape index (κ1) is 29.5. The predicted octanol–water partition coefficient (Wildman–Crippen LogP) is 5.24. The molecule has 14 heteroatoms. The van der Waals surface area contributed by atoms with Crippen molar-refractivity contribution in [2.45, 2.75) is 6.18 Å². The van der Waals surface area contributed by atoms with Gasteiger partial charge in [-0.1, -0.05) is 23.7 Å². The molecule has 0 saturated carbocycles. The van der Waals surface area contributed by atoms with Crippen molar-refractivity contribution in [1.82, 2.24) is 5.43 Å². The molecule has 0 heterocycles. The molecule has 0 saturated heterocycles. The van der Waals surface area contributed by atoms with Crippen molar-refractivity contribution in [3.63, 3.8) is 0 Å². The van der Waals surface area contributed by atoms with Gasteiger partial charge in [-0.2, -0.15) is 18.3 Å². The number of rotatable bonds is 8. The van der Waals surface area contributed by atoms with E-state index in [2.05, 4.69) is 37.1 Å². The normalized spacial score (nSPS) is 11.1. The molecule has 39 heavy (non-hydrogen) atoms. The number of carbonyl (C=O) groups excluding carboxylic acids is 3. The minimum Gasteiger partial charge on any atom is -0.493 e. The molecule has 204 valence electrons.